The first-order valence-corrected chi connectivity index (χ1v) is 8.24. The minimum atomic E-state index is -1.30. The van der Waals surface area contributed by atoms with Crippen LogP contribution < -0.4 is 0 Å². The Kier molecular flexibility index (Phi) is 8.95. The average molecular weight is 374 g/mol. The van der Waals surface area contributed by atoms with E-state index in [9.17, 15) is 24.0 Å². The maximum atomic E-state index is 13.2. The van der Waals surface area contributed by atoms with Crippen molar-refractivity contribution in [2.75, 3.05) is 0 Å². The summed E-state index contributed by atoms with van der Waals surface area (Å²) in [5.41, 5.74) is -2.61. The summed E-state index contributed by atoms with van der Waals surface area (Å²) in [6, 6.07) is 0. The summed E-state index contributed by atoms with van der Waals surface area (Å²) in [6.07, 6.45) is -1.83. The molecular formula is C17H26O9. The molecule has 0 aliphatic carbocycles. The van der Waals surface area contributed by atoms with Crippen LogP contribution in [-0.4, -0.2) is 50.1 Å². The lowest BCUT2D eigenvalue weighted by Gasteiger charge is -2.38. The highest BCUT2D eigenvalue weighted by atomic mass is 16.4. The first-order chi connectivity index (χ1) is 11.8. The van der Waals surface area contributed by atoms with Gasteiger partial charge in [0.25, 0.3) is 0 Å². The van der Waals surface area contributed by atoms with Crippen molar-refractivity contribution in [1.29, 1.82) is 0 Å². The van der Waals surface area contributed by atoms with E-state index in [2.05, 4.69) is 0 Å². The molecule has 4 N–H and O–H groups in total. The summed E-state index contributed by atoms with van der Waals surface area (Å²) >= 11 is 0. The molecule has 0 heterocycles. The van der Waals surface area contributed by atoms with Gasteiger partial charge in [0, 0.05) is 36.5 Å². The van der Waals surface area contributed by atoms with E-state index in [0.29, 0.717) is 0 Å². The third kappa shape index (κ3) is 8.09. The maximum absolute atomic E-state index is 13.2. The number of carboxylic acid groups (broad SMARTS) is 4. The Balaban J connectivity index is 5.65. The zero-order chi connectivity index (χ0) is 20.5. The number of ketones is 1. The number of carbonyl (C=O) groups excluding carboxylic acids is 1. The fraction of sp³-hybridized carbons (Fsp3) is 0.706. The standard InChI is InChI=1S/C17H26O9/c1-16(7-3-11(18)19,8-4-12(20)21)15(26)17(2,9-5-13(22)23)10-6-14(24)25/h3-10H2,1-2H3,(H,18,19)(H,20,21)(H,22,23)(H,24,25). The van der Waals surface area contributed by atoms with E-state index in [4.69, 9.17) is 20.4 Å². The SMILES string of the molecule is CC(CCC(=O)O)(CCC(=O)O)C(=O)C(C)(CCC(=O)O)CCC(=O)O. The molecular weight excluding hydrogens is 348 g/mol. The van der Waals surface area contributed by atoms with Gasteiger partial charge >= 0.3 is 23.9 Å². The molecule has 0 bridgehead atoms. The number of rotatable bonds is 14. The zero-order valence-corrected chi connectivity index (χ0v) is 15.0. The van der Waals surface area contributed by atoms with Crippen LogP contribution in [0.1, 0.15) is 65.2 Å². The Bertz CT molecular complexity index is 481. The lowest BCUT2D eigenvalue weighted by Crippen LogP contribution is -2.42. The highest BCUT2D eigenvalue weighted by Crippen LogP contribution is 2.42. The lowest BCUT2D eigenvalue weighted by atomic mass is 9.64. The zero-order valence-electron chi connectivity index (χ0n) is 15.0. The van der Waals surface area contributed by atoms with Crippen molar-refractivity contribution in [3.63, 3.8) is 0 Å². The van der Waals surface area contributed by atoms with Crippen molar-refractivity contribution in [3.05, 3.63) is 0 Å². The van der Waals surface area contributed by atoms with Crippen molar-refractivity contribution in [1.82, 2.24) is 0 Å². The minimum absolute atomic E-state index is 0.107. The summed E-state index contributed by atoms with van der Waals surface area (Å²) < 4.78 is 0. The normalized spacial score (nSPS) is 11.8. The van der Waals surface area contributed by atoms with Crippen LogP contribution in [0, 0.1) is 10.8 Å². The number of carboxylic acids is 4. The van der Waals surface area contributed by atoms with Crippen LogP contribution in [0.3, 0.4) is 0 Å². The quantitative estimate of drug-likeness (QED) is 0.355. The third-order valence-corrected chi connectivity index (χ3v) is 4.66. The van der Waals surface area contributed by atoms with Crippen LogP contribution >= 0.6 is 0 Å². The highest BCUT2D eigenvalue weighted by Gasteiger charge is 2.45. The first-order valence-electron chi connectivity index (χ1n) is 8.24. The summed E-state index contributed by atoms with van der Waals surface area (Å²) in [7, 11) is 0. The molecule has 0 rings (SSSR count). The van der Waals surface area contributed by atoms with Crippen LogP contribution in [-0.2, 0) is 24.0 Å². The molecule has 26 heavy (non-hydrogen) atoms. The van der Waals surface area contributed by atoms with Crippen molar-refractivity contribution >= 4 is 29.7 Å². The number of hydrogen-bond donors (Lipinski definition) is 4. The van der Waals surface area contributed by atoms with Crippen LogP contribution in [0.4, 0.5) is 0 Å². The molecule has 9 nitrogen and oxygen atoms in total. The van der Waals surface area contributed by atoms with Gasteiger partial charge in [-0.3, -0.25) is 24.0 Å². The molecule has 0 fully saturated rings. The maximum Gasteiger partial charge on any atom is 0.303 e. The number of carbonyl (C=O) groups is 5. The molecule has 0 aliphatic heterocycles. The average Bonchev–Trinajstić information content (AvgIpc) is 2.53. The van der Waals surface area contributed by atoms with Gasteiger partial charge in [-0.25, -0.2) is 0 Å². The van der Waals surface area contributed by atoms with E-state index in [1.165, 1.54) is 13.8 Å². The van der Waals surface area contributed by atoms with E-state index in [1.807, 2.05) is 0 Å². The van der Waals surface area contributed by atoms with Gasteiger partial charge in [0.15, 0.2) is 0 Å². The summed E-state index contributed by atoms with van der Waals surface area (Å²) in [4.78, 5) is 56.8. The third-order valence-electron chi connectivity index (χ3n) is 4.66. The van der Waals surface area contributed by atoms with Crippen molar-refractivity contribution in [2.45, 2.75) is 65.2 Å². The molecule has 0 aromatic rings. The second kappa shape index (κ2) is 9.88. The highest BCUT2D eigenvalue weighted by molar-refractivity contribution is 5.91. The molecule has 0 spiro atoms. The summed E-state index contributed by atoms with van der Waals surface area (Å²) in [6.45, 7) is 2.92. The molecule has 0 aliphatic rings. The van der Waals surface area contributed by atoms with E-state index >= 15 is 0 Å². The van der Waals surface area contributed by atoms with E-state index in [1.54, 1.807) is 0 Å². The van der Waals surface area contributed by atoms with Gasteiger partial charge in [0.05, 0.1) is 0 Å². The lowest BCUT2D eigenvalue weighted by molar-refractivity contribution is -0.144. The Morgan fingerprint density at radius 1 is 0.538 bits per heavy atom. The monoisotopic (exact) mass is 374 g/mol. The molecule has 0 saturated heterocycles. The topological polar surface area (TPSA) is 166 Å². The molecule has 0 amide bonds. The number of hydrogen-bond acceptors (Lipinski definition) is 5. The largest absolute Gasteiger partial charge is 0.481 e. The molecule has 0 saturated carbocycles. The van der Waals surface area contributed by atoms with Crippen molar-refractivity contribution in [3.8, 4) is 0 Å². The molecule has 9 heteroatoms. The van der Waals surface area contributed by atoms with Gasteiger partial charge in [-0.1, -0.05) is 13.8 Å². The Morgan fingerprint density at radius 3 is 0.885 bits per heavy atom. The van der Waals surface area contributed by atoms with Crippen LogP contribution in [0.5, 0.6) is 0 Å². The van der Waals surface area contributed by atoms with E-state index in [0.717, 1.165) is 0 Å². The fourth-order valence-corrected chi connectivity index (χ4v) is 2.96. The molecule has 148 valence electrons. The van der Waals surface area contributed by atoms with Gasteiger partial charge in [0.2, 0.25) is 0 Å². The first kappa shape index (κ1) is 23.5. The second-order valence-electron chi connectivity index (χ2n) is 7.03. The van der Waals surface area contributed by atoms with Crippen LogP contribution in [0.2, 0.25) is 0 Å². The predicted molar refractivity (Wildman–Crippen MR) is 88.7 cm³/mol. The van der Waals surface area contributed by atoms with E-state index < -0.39 is 40.5 Å². The van der Waals surface area contributed by atoms with Crippen LogP contribution in [0.25, 0.3) is 0 Å². The van der Waals surface area contributed by atoms with Gasteiger partial charge in [-0.05, 0) is 25.7 Å². The molecule has 0 aromatic heterocycles. The molecule has 0 aromatic carbocycles. The number of aliphatic carboxylic acids is 4. The van der Waals surface area contributed by atoms with Gasteiger partial charge < -0.3 is 20.4 Å². The molecule has 0 unspecified atom stereocenters. The Hall–Kier alpha value is -2.45. The Morgan fingerprint density at radius 2 is 0.731 bits per heavy atom. The minimum Gasteiger partial charge on any atom is -0.481 e. The second-order valence-corrected chi connectivity index (χ2v) is 7.03. The van der Waals surface area contributed by atoms with Crippen molar-refractivity contribution < 1.29 is 44.4 Å². The van der Waals surface area contributed by atoms with Crippen molar-refractivity contribution in [2.24, 2.45) is 10.8 Å². The predicted octanol–water partition coefficient (Wildman–Crippen LogP) is 2.03. The van der Waals surface area contributed by atoms with Crippen LogP contribution in [0.15, 0.2) is 0 Å². The van der Waals surface area contributed by atoms with Gasteiger partial charge in [-0.2, -0.15) is 0 Å². The number of Topliss-reactive ketones (excluding diaryl/α,β-unsaturated/α-hetero) is 1. The van der Waals surface area contributed by atoms with Gasteiger partial charge in [-0.15, -0.1) is 0 Å². The molecule has 0 radical (unpaired) electrons. The summed E-state index contributed by atoms with van der Waals surface area (Å²) in [5.74, 6) is -5.06. The fourth-order valence-electron chi connectivity index (χ4n) is 2.96. The van der Waals surface area contributed by atoms with Gasteiger partial charge in [0.1, 0.15) is 5.78 Å². The smallest absolute Gasteiger partial charge is 0.303 e. The molecule has 0 atom stereocenters. The van der Waals surface area contributed by atoms with E-state index in [-0.39, 0.29) is 51.4 Å². The Labute approximate surface area is 151 Å². The summed E-state index contributed by atoms with van der Waals surface area (Å²) in [5, 5.41) is 35.6.